The average Bonchev–Trinajstić information content (AvgIpc) is 3.19. The number of hydrogen-bond acceptors (Lipinski definition) is 5. The highest BCUT2D eigenvalue weighted by Crippen LogP contribution is 2.33. The molecule has 1 saturated heterocycles. The lowest BCUT2D eigenvalue weighted by atomic mass is 10.2. The van der Waals surface area contributed by atoms with E-state index in [4.69, 9.17) is 16.3 Å². The van der Waals surface area contributed by atoms with Gasteiger partial charge in [-0.3, -0.25) is 9.20 Å². The molecule has 0 spiro atoms. The van der Waals surface area contributed by atoms with Crippen LogP contribution in [0.15, 0.2) is 17.4 Å². The monoisotopic (exact) mass is 394 g/mol. The van der Waals surface area contributed by atoms with E-state index in [0.717, 1.165) is 41.3 Å². The number of carbonyl (C=O) groups excluding carboxylic acids is 1. The molecule has 6 nitrogen and oxygen atoms in total. The number of hydrogen-bond donors (Lipinski definition) is 1. The summed E-state index contributed by atoms with van der Waals surface area (Å²) in [6, 6.07) is 0.800. The summed E-state index contributed by atoms with van der Waals surface area (Å²) in [4.78, 5) is 11.9. The third-order valence-corrected chi connectivity index (χ3v) is 4.86. The van der Waals surface area contributed by atoms with Crippen LogP contribution in [0.25, 0.3) is 5.65 Å². The molecule has 1 atom stereocenters. The SMILES string of the molecule is O=C(CSc1nnc2c(Cl)cc(C(F)(F)F)cn12)NCC1CCCO1. The third kappa shape index (κ3) is 4.36. The number of nitrogens with zero attached hydrogens (tertiary/aromatic N) is 3. The Hall–Kier alpha value is -1.52. The van der Waals surface area contributed by atoms with Crippen molar-refractivity contribution in [2.75, 3.05) is 18.9 Å². The quantitative estimate of drug-likeness (QED) is 0.790. The molecule has 136 valence electrons. The molecule has 1 N–H and O–H groups in total. The summed E-state index contributed by atoms with van der Waals surface area (Å²) in [5.41, 5.74) is -0.800. The molecule has 1 aliphatic heterocycles. The predicted octanol–water partition coefficient (Wildman–Crippen LogP) is 2.79. The van der Waals surface area contributed by atoms with Gasteiger partial charge in [0.05, 0.1) is 22.4 Å². The van der Waals surface area contributed by atoms with E-state index in [9.17, 15) is 18.0 Å². The zero-order valence-electron chi connectivity index (χ0n) is 12.8. The first-order chi connectivity index (χ1) is 11.8. The Balaban J connectivity index is 1.66. The number of fused-ring (bicyclic) bond motifs is 1. The van der Waals surface area contributed by atoms with Crippen LogP contribution in [0.2, 0.25) is 5.02 Å². The van der Waals surface area contributed by atoms with Crippen LogP contribution in [0.4, 0.5) is 13.2 Å². The first-order valence-corrected chi connectivity index (χ1v) is 8.83. The number of aromatic nitrogens is 3. The molecule has 1 unspecified atom stereocenters. The topological polar surface area (TPSA) is 68.5 Å². The van der Waals surface area contributed by atoms with Crippen LogP contribution in [-0.4, -0.2) is 45.5 Å². The van der Waals surface area contributed by atoms with Crippen molar-refractivity contribution in [3.05, 3.63) is 22.8 Å². The van der Waals surface area contributed by atoms with Crippen molar-refractivity contribution < 1.29 is 22.7 Å². The van der Waals surface area contributed by atoms with E-state index in [1.54, 1.807) is 0 Å². The predicted molar refractivity (Wildman–Crippen MR) is 85.7 cm³/mol. The van der Waals surface area contributed by atoms with Crippen molar-refractivity contribution in [1.82, 2.24) is 19.9 Å². The van der Waals surface area contributed by atoms with Crippen LogP contribution in [0.3, 0.4) is 0 Å². The lowest BCUT2D eigenvalue weighted by Crippen LogP contribution is -2.32. The summed E-state index contributed by atoms with van der Waals surface area (Å²) in [5.74, 6) is -0.253. The fourth-order valence-corrected chi connectivity index (χ4v) is 3.39. The van der Waals surface area contributed by atoms with Gasteiger partial charge in [-0.15, -0.1) is 10.2 Å². The largest absolute Gasteiger partial charge is 0.417 e. The first-order valence-electron chi connectivity index (χ1n) is 7.47. The van der Waals surface area contributed by atoms with Crippen molar-refractivity contribution >= 4 is 34.9 Å². The minimum atomic E-state index is -4.54. The van der Waals surface area contributed by atoms with Gasteiger partial charge >= 0.3 is 6.18 Å². The van der Waals surface area contributed by atoms with Crippen LogP contribution in [-0.2, 0) is 15.7 Å². The number of amides is 1. The Labute approximate surface area is 150 Å². The maximum absolute atomic E-state index is 12.9. The van der Waals surface area contributed by atoms with Crippen molar-refractivity contribution in [1.29, 1.82) is 0 Å². The summed E-state index contributed by atoms with van der Waals surface area (Å²) in [6.07, 6.45) is -1.77. The number of carbonyl (C=O) groups is 1. The second kappa shape index (κ2) is 7.38. The van der Waals surface area contributed by atoms with Gasteiger partial charge < -0.3 is 10.1 Å². The molecule has 1 amide bonds. The Morgan fingerprint density at radius 1 is 1.48 bits per heavy atom. The van der Waals surface area contributed by atoms with Gasteiger partial charge in [0, 0.05) is 19.3 Å². The molecule has 1 fully saturated rings. The standard InChI is InChI=1S/C14H14ClF3N4O2S/c15-10-4-8(14(16,17)18)6-22-12(10)20-21-13(22)25-7-11(23)19-5-9-2-1-3-24-9/h4,6,9H,1-3,5,7H2,(H,19,23). The molecule has 0 radical (unpaired) electrons. The molecule has 1 aliphatic rings. The minimum absolute atomic E-state index is 0.00137. The first kappa shape index (κ1) is 18.3. The van der Waals surface area contributed by atoms with E-state index >= 15 is 0 Å². The van der Waals surface area contributed by atoms with E-state index in [0.29, 0.717) is 13.2 Å². The fraction of sp³-hybridized carbons (Fsp3) is 0.500. The van der Waals surface area contributed by atoms with Crippen LogP contribution in [0.5, 0.6) is 0 Å². The van der Waals surface area contributed by atoms with Gasteiger partial charge in [-0.1, -0.05) is 23.4 Å². The number of nitrogens with one attached hydrogen (secondary N) is 1. The van der Waals surface area contributed by atoms with Gasteiger partial charge in [0.1, 0.15) is 0 Å². The fourth-order valence-electron chi connectivity index (χ4n) is 2.40. The highest BCUT2D eigenvalue weighted by atomic mass is 35.5. The van der Waals surface area contributed by atoms with Crippen molar-refractivity contribution in [2.45, 2.75) is 30.3 Å². The molecule has 0 aromatic carbocycles. The van der Waals surface area contributed by atoms with Gasteiger partial charge in [0.2, 0.25) is 5.91 Å². The zero-order valence-corrected chi connectivity index (χ0v) is 14.4. The molecular weight excluding hydrogens is 381 g/mol. The number of rotatable bonds is 5. The number of alkyl halides is 3. The number of halogens is 4. The van der Waals surface area contributed by atoms with Crippen molar-refractivity contribution in [3.63, 3.8) is 0 Å². The highest BCUT2D eigenvalue weighted by Gasteiger charge is 2.32. The Kier molecular flexibility index (Phi) is 5.40. The Bertz CT molecular complexity index is 777. The molecular formula is C14H14ClF3N4O2S. The van der Waals surface area contributed by atoms with E-state index in [1.807, 2.05) is 0 Å². The summed E-state index contributed by atoms with van der Waals surface area (Å²) < 4.78 is 45.2. The van der Waals surface area contributed by atoms with Crippen LogP contribution >= 0.6 is 23.4 Å². The molecule has 2 aromatic rings. The third-order valence-electron chi connectivity index (χ3n) is 3.64. The molecule has 0 saturated carbocycles. The summed E-state index contributed by atoms with van der Waals surface area (Å²) in [5, 5.41) is 10.3. The van der Waals surface area contributed by atoms with E-state index in [2.05, 4.69) is 15.5 Å². The van der Waals surface area contributed by atoms with E-state index in [-0.39, 0.29) is 33.6 Å². The molecule has 25 heavy (non-hydrogen) atoms. The molecule has 11 heteroatoms. The van der Waals surface area contributed by atoms with Gasteiger partial charge in [-0.05, 0) is 18.9 Å². The Morgan fingerprint density at radius 3 is 2.96 bits per heavy atom. The maximum Gasteiger partial charge on any atom is 0.417 e. The average molecular weight is 395 g/mol. The number of pyridine rings is 1. The van der Waals surface area contributed by atoms with Crippen molar-refractivity contribution in [2.24, 2.45) is 0 Å². The highest BCUT2D eigenvalue weighted by molar-refractivity contribution is 7.99. The molecule has 0 aliphatic carbocycles. The van der Waals surface area contributed by atoms with Gasteiger partial charge in [0.15, 0.2) is 10.8 Å². The number of thioether (sulfide) groups is 1. The summed E-state index contributed by atoms with van der Waals surface area (Å²) in [6.45, 7) is 1.12. The smallest absolute Gasteiger partial charge is 0.376 e. The van der Waals surface area contributed by atoms with Gasteiger partial charge in [-0.2, -0.15) is 13.2 Å². The van der Waals surface area contributed by atoms with Crippen LogP contribution < -0.4 is 5.32 Å². The van der Waals surface area contributed by atoms with E-state index < -0.39 is 11.7 Å². The second-order valence-corrected chi connectivity index (χ2v) is 6.83. The molecule has 3 rings (SSSR count). The van der Waals surface area contributed by atoms with Crippen molar-refractivity contribution in [3.8, 4) is 0 Å². The van der Waals surface area contributed by atoms with Gasteiger partial charge in [-0.25, -0.2) is 0 Å². The molecule has 3 heterocycles. The van der Waals surface area contributed by atoms with Crippen LogP contribution in [0, 0.1) is 0 Å². The Morgan fingerprint density at radius 2 is 2.28 bits per heavy atom. The molecule has 0 bridgehead atoms. The lowest BCUT2D eigenvalue weighted by molar-refractivity contribution is -0.137. The number of ether oxygens (including phenoxy) is 1. The van der Waals surface area contributed by atoms with Crippen LogP contribution in [0.1, 0.15) is 18.4 Å². The summed E-state index contributed by atoms with van der Waals surface area (Å²) in [7, 11) is 0. The lowest BCUT2D eigenvalue weighted by Gasteiger charge is -2.10. The molecule has 2 aromatic heterocycles. The normalized spacial score (nSPS) is 18.0. The minimum Gasteiger partial charge on any atom is -0.376 e. The van der Waals surface area contributed by atoms with E-state index in [1.165, 1.54) is 0 Å². The maximum atomic E-state index is 12.9. The summed E-state index contributed by atoms with van der Waals surface area (Å²) >= 11 is 6.83. The second-order valence-electron chi connectivity index (χ2n) is 5.48. The zero-order chi connectivity index (χ0) is 18.0. The van der Waals surface area contributed by atoms with Gasteiger partial charge in [0.25, 0.3) is 0 Å².